The zero-order chi connectivity index (χ0) is 19.3. The molecule has 0 fully saturated rings. The molecule has 2 aromatic heterocycles. The Morgan fingerprint density at radius 1 is 0.963 bits per heavy atom. The molecule has 27 heavy (non-hydrogen) atoms. The highest BCUT2D eigenvalue weighted by Crippen LogP contribution is 2.24. The second-order valence-electron chi connectivity index (χ2n) is 7.29. The first-order chi connectivity index (χ1) is 12.9. The van der Waals surface area contributed by atoms with Crippen LogP contribution in [0.4, 0.5) is 11.6 Å². The van der Waals surface area contributed by atoms with E-state index >= 15 is 0 Å². The number of carbonyl (C=O) groups is 1. The van der Waals surface area contributed by atoms with E-state index in [0.29, 0.717) is 18.1 Å². The second kappa shape index (κ2) is 7.95. The van der Waals surface area contributed by atoms with Crippen LogP contribution in [0.15, 0.2) is 61.2 Å². The van der Waals surface area contributed by atoms with E-state index in [1.165, 1.54) is 18.0 Å². The van der Waals surface area contributed by atoms with Gasteiger partial charge in [-0.25, -0.2) is 9.97 Å². The summed E-state index contributed by atoms with van der Waals surface area (Å²) in [5.41, 5.74) is 3.67. The summed E-state index contributed by atoms with van der Waals surface area (Å²) in [5.74, 6) is 0.233. The Balaban J connectivity index is 1.59. The molecule has 6 nitrogen and oxygen atoms in total. The van der Waals surface area contributed by atoms with Gasteiger partial charge in [0.2, 0.25) is 5.95 Å². The molecule has 0 radical (unpaired) electrons. The lowest BCUT2D eigenvalue weighted by Gasteiger charge is -2.19. The van der Waals surface area contributed by atoms with Crippen molar-refractivity contribution in [2.45, 2.75) is 32.7 Å². The Morgan fingerprint density at radius 3 is 2.19 bits per heavy atom. The van der Waals surface area contributed by atoms with Crippen molar-refractivity contribution < 1.29 is 4.79 Å². The Hall–Kier alpha value is -3.28. The normalized spacial score (nSPS) is 11.1. The molecule has 0 aliphatic rings. The number of anilines is 2. The monoisotopic (exact) mass is 361 g/mol. The van der Waals surface area contributed by atoms with Crippen molar-refractivity contribution in [1.29, 1.82) is 0 Å². The van der Waals surface area contributed by atoms with Gasteiger partial charge in [0.15, 0.2) is 0 Å². The fraction of sp³-hybridized carbons (Fsp3) is 0.238. The van der Waals surface area contributed by atoms with Crippen LogP contribution < -0.4 is 10.6 Å². The van der Waals surface area contributed by atoms with Gasteiger partial charge < -0.3 is 10.6 Å². The van der Waals surface area contributed by atoms with Crippen LogP contribution in [0.3, 0.4) is 0 Å². The number of nitrogens with one attached hydrogen (secondary N) is 2. The van der Waals surface area contributed by atoms with Gasteiger partial charge in [-0.3, -0.25) is 9.78 Å². The van der Waals surface area contributed by atoms with Crippen LogP contribution in [0.2, 0.25) is 0 Å². The molecule has 0 aliphatic heterocycles. The van der Waals surface area contributed by atoms with Gasteiger partial charge >= 0.3 is 0 Å². The second-order valence-corrected chi connectivity index (χ2v) is 7.29. The number of benzene rings is 1. The lowest BCUT2D eigenvalue weighted by molar-refractivity contribution is 0.0950. The van der Waals surface area contributed by atoms with Crippen molar-refractivity contribution in [3.63, 3.8) is 0 Å². The fourth-order valence-electron chi connectivity index (χ4n) is 2.48. The molecule has 0 bridgehead atoms. The van der Waals surface area contributed by atoms with Crippen molar-refractivity contribution in [2.24, 2.45) is 0 Å². The van der Waals surface area contributed by atoms with E-state index in [0.717, 1.165) is 11.3 Å². The summed E-state index contributed by atoms with van der Waals surface area (Å²) >= 11 is 0. The number of amides is 1. The SMILES string of the molecule is CC(C)(C)c1ccc(Nc2ncc(C(=O)NCc3ccncc3)cn2)cc1. The molecule has 6 heteroatoms. The molecular formula is C21H23N5O. The minimum atomic E-state index is -0.215. The summed E-state index contributed by atoms with van der Waals surface area (Å²) in [5, 5.41) is 5.98. The van der Waals surface area contributed by atoms with Crippen molar-refractivity contribution in [1.82, 2.24) is 20.3 Å². The van der Waals surface area contributed by atoms with Gasteiger partial charge in [0, 0.05) is 37.0 Å². The van der Waals surface area contributed by atoms with Gasteiger partial charge in [0.25, 0.3) is 5.91 Å². The minimum absolute atomic E-state index is 0.111. The molecule has 2 N–H and O–H groups in total. The van der Waals surface area contributed by atoms with Gasteiger partial charge in [-0.1, -0.05) is 32.9 Å². The van der Waals surface area contributed by atoms with Gasteiger partial charge in [-0.2, -0.15) is 0 Å². The summed E-state index contributed by atoms with van der Waals surface area (Å²) in [7, 11) is 0. The summed E-state index contributed by atoms with van der Waals surface area (Å²) in [6.45, 7) is 6.96. The van der Waals surface area contributed by atoms with Gasteiger partial charge in [-0.05, 0) is 40.8 Å². The Kier molecular flexibility index (Phi) is 5.45. The van der Waals surface area contributed by atoms with E-state index in [1.54, 1.807) is 12.4 Å². The topological polar surface area (TPSA) is 79.8 Å². The van der Waals surface area contributed by atoms with Gasteiger partial charge in [-0.15, -0.1) is 0 Å². The molecule has 0 atom stereocenters. The van der Waals surface area contributed by atoms with Crippen molar-refractivity contribution in [3.05, 3.63) is 77.9 Å². The summed E-state index contributed by atoms with van der Waals surface area (Å²) in [6.07, 6.45) is 6.42. The molecular weight excluding hydrogens is 338 g/mol. The van der Waals surface area contributed by atoms with Crippen LogP contribution in [-0.4, -0.2) is 20.9 Å². The molecule has 3 rings (SSSR count). The van der Waals surface area contributed by atoms with Crippen LogP contribution in [0, 0.1) is 0 Å². The average Bonchev–Trinajstić information content (AvgIpc) is 2.67. The summed E-state index contributed by atoms with van der Waals surface area (Å²) in [6, 6.07) is 11.9. The van der Waals surface area contributed by atoms with Crippen LogP contribution in [-0.2, 0) is 12.0 Å². The molecule has 2 heterocycles. The third-order valence-corrected chi connectivity index (χ3v) is 4.12. The summed E-state index contributed by atoms with van der Waals surface area (Å²) in [4.78, 5) is 24.6. The first-order valence-corrected chi connectivity index (χ1v) is 8.78. The van der Waals surface area contributed by atoms with E-state index < -0.39 is 0 Å². The Morgan fingerprint density at radius 2 is 1.59 bits per heavy atom. The van der Waals surface area contributed by atoms with Crippen LogP contribution >= 0.6 is 0 Å². The lowest BCUT2D eigenvalue weighted by Crippen LogP contribution is -2.23. The number of nitrogens with zero attached hydrogens (tertiary/aromatic N) is 3. The van der Waals surface area contributed by atoms with Crippen LogP contribution in [0.5, 0.6) is 0 Å². The predicted molar refractivity (Wildman–Crippen MR) is 106 cm³/mol. The highest BCUT2D eigenvalue weighted by molar-refractivity contribution is 5.93. The third-order valence-electron chi connectivity index (χ3n) is 4.12. The number of hydrogen-bond acceptors (Lipinski definition) is 5. The molecule has 3 aromatic rings. The van der Waals surface area contributed by atoms with E-state index in [1.807, 2.05) is 24.3 Å². The van der Waals surface area contributed by atoms with Crippen LogP contribution in [0.1, 0.15) is 42.3 Å². The highest BCUT2D eigenvalue weighted by Gasteiger charge is 2.13. The molecule has 1 aromatic carbocycles. The molecule has 1 amide bonds. The maximum Gasteiger partial charge on any atom is 0.254 e. The summed E-state index contributed by atoms with van der Waals surface area (Å²) < 4.78 is 0. The first kappa shape index (κ1) is 18.5. The number of rotatable bonds is 5. The molecule has 0 spiro atoms. The maximum absolute atomic E-state index is 12.2. The Bertz CT molecular complexity index is 885. The number of hydrogen-bond donors (Lipinski definition) is 2. The molecule has 0 unspecified atom stereocenters. The Labute approximate surface area is 159 Å². The quantitative estimate of drug-likeness (QED) is 0.722. The molecule has 0 saturated carbocycles. The lowest BCUT2D eigenvalue weighted by atomic mass is 9.87. The van der Waals surface area contributed by atoms with Crippen molar-refractivity contribution in [2.75, 3.05) is 5.32 Å². The standard InChI is InChI=1S/C21H23N5O/c1-21(2,3)17-4-6-18(7-5-17)26-20-24-13-16(14-25-20)19(27)23-12-15-8-10-22-11-9-15/h4-11,13-14H,12H2,1-3H3,(H,23,27)(H,24,25,26). The molecule has 0 aliphatic carbocycles. The van der Waals surface area contributed by atoms with Gasteiger partial charge in [0.1, 0.15) is 0 Å². The van der Waals surface area contributed by atoms with E-state index in [9.17, 15) is 4.79 Å². The van der Waals surface area contributed by atoms with Crippen molar-refractivity contribution >= 4 is 17.5 Å². The maximum atomic E-state index is 12.2. The zero-order valence-corrected chi connectivity index (χ0v) is 15.7. The van der Waals surface area contributed by atoms with E-state index in [-0.39, 0.29) is 11.3 Å². The van der Waals surface area contributed by atoms with Gasteiger partial charge in [0.05, 0.1) is 5.56 Å². The molecule has 138 valence electrons. The smallest absolute Gasteiger partial charge is 0.254 e. The predicted octanol–water partition coefficient (Wildman–Crippen LogP) is 3.84. The van der Waals surface area contributed by atoms with Crippen molar-refractivity contribution in [3.8, 4) is 0 Å². The average molecular weight is 361 g/mol. The first-order valence-electron chi connectivity index (χ1n) is 8.78. The molecule has 0 saturated heterocycles. The zero-order valence-electron chi connectivity index (χ0n) is 15.7. The highest BCUT2D eigenvalue weighted by atomic mass is 16.1. The fourth-order valence-corrected chi connectivity index (χ4v) is 2.48. The number of carbonyl (C=O) groups excluding carboxylic acids is 1. The largest absolute Gasteiger partial charge is 0.348 e. The minimum Gasteiger partial charge on any atom is -0.348 e. The van der Waals surface area contributed by atoms with Crippen LogP contribution in [0.25, 0.3) is 0 Å². The number of aromatic nitrogens is 3. The van der Waals surface area contributed by atoms with E-state index in [4.69, 9.17) is 0 Å². The third kappa shape index (κ3) is 5.10. The van der Waals surface area contributed by atoms with E-state index in [2.05, 4.69) is 58.5 Å². The number of pyridine rings is 1.